The van der Waals surface area contributed by atoms with Gasteiger partial charge in [0, 0.05) is 10.0 Å². The highest BCUT2D eigenvalue weighted by molar-refractivity contribution is 6.35. The van der Waals surface area contributed by atoms with Gasteiger partial charge in [0.25, 0.3) is 0 Å². The Labute approximate surface area is 157 Å². The van der Waals surface area contributed by atoms with Crippen molar-refractivity contribution < 1.29 is 32.2 Å². The van der Waals surface area contributed by atoms with E-state index in [9.17, 15) is 22.8 Å². The van der Waals surface area contributed by atoms with Gasteiger partial charge in [-0.2, -0.15) is 13.2 Å². The number of Topliss-reactive ketones (excluding diaryl/α,β-unsaturated/α-hetero) is 1. The molecule has 26 heavy (non-hydrogen) atoms. The minimum atomic E-state index is -4.40. The quantitative estimate of drug-likeness (QED) is 0.545. The third-order valence-corrected chi connectivity index (χ3v) is 5.30. The molecule has 1 saturated heterocycles. The van der Waals surface area contributed by atoms with Crippen LogP contribution in [0.4, 0.5) is 13.2 Å². The predicted octanol–water partition coefficient (Wildman–Crippen LogP) is 4.46. The van der Waals surface area contributed by atoms with Crippen molar-refractivity contribution in [1.82, 2.24) is 0 Å². The summed E-state index contributed by atoms with van der Waals surface area (Å²) in [6.07, 6.45) is -4.36. The molecule has 1 aliphatic heterocycles. The molecule has 1 aromatic rings. The van der Waals surface area contributed by atoms with Crippen LogP contribution in [0.2, 0.25) is 10.0 Å². The molecule has 1 spiro atoms. The summed E-state index contributed by atoms with van der Waals surface area (Å²) in [7, 11) is 0. The summed E-state index contributed by atoms with van der Waals surface area (Å²) in [6.45, 7) is -1.33. The third kappa shape index (κ3) is 3.85. The van der Waals surface area contributed by atoms with Gasteiger partial charge in [-0.05, 0) is 43.4 Å². The summed E-state index contributed by atoms with van der Waals surface area (Å²) in [5, 5.41) is 0.557. The second kappa shape index (κ2) is 7.02. The topological polar surface area (TPSA) is 52.6 Å². The number of carbonyl (C=O) groups is 2. The van der Waals surface area contributed by atoms with E-state index in [2.05, 4.69) is 0 Å². The summed E-state index contributed by atoms with van der Waals surface area (Å²) in [5.74, 6) is -2.26. The van der Waals surface area contributed by atoms with Gasteiger partial charge in [-0.3, -0.25) is 9.59 Å². The average Bonchev–Trinajstić information content (AvgIpc) is 2.78. The van der Waals surface area contributed by atoms with E-state index in [4.69, 9.17) is 32.7 Å². The molecule has 1 heterocycles. The molecule has 1 saturated carbocycles. The van der Waals surface area contributed by atoms with E-state index < -0.39 is 42.2 Å². The maximum Gasteiger partial charge on any atom is 0.411 e. The van der Waals surface area contributed by atoms with E-state index in [1.54, 1.807) is 0 Å². The number of ether oxygens (including phenoxy) is 2. The van der Waals surface area contributed by atoms with Crippen LogP contribution in [0.15, 0.2) is 18.2 Å². The molecular formula is C17H15Cl2F3O4. The molecule has 1 aromatic carbocycles. The van der Waals surface area contributed by atoms with E-state index >= 15 is 0 Å². The molecule has 2 aliphatic rings. The molecule has 1 unspecified atom stereocenters. The van der Waals surface area contributed by atoms with Gasteiger partial charge in [0.1, 0.15) is 12.5 Å². The van der Waals surface area contributed by atoms with Crippen LogP contribution in [-0.2, 0) is 19.1 Å². The van der Waals surface area contributed by atoms with Crippen molar-refractivity contribution in [3.8, 4) is 0 Å². The van der Waals surface area contributed by atoms with Crippen LogP contribution in [-0.4, -0.2) is 36.2 Å². The first kappa shape index (κ1) is 19.5. The van der Waals surface area contributed by atoms with Crippen molar-refractivity contribution in [2.24, 2.45) is 0 Å². The van der Waals surface area contributed by atoms with Gasteiger partial charge in [0.2, 0.25) is 0 Å². The molecular weight excluding hydrogens is 396 g/mol. The van der Waals surface area contributed by atoms with E-state index in [1.807, 2.05) is 0 Å². The summed E-state index contributed by atoms with van der Waals surface area (Å²) < 4.78 is 47.0. The Bertz CT molecular complexity index is 727. The second-order valence-corrected chi connectivity index (χ2v) is 7.35. The Morgan fingerprint density at radius 1 is 1.19 bits per heavy atom. The summed E-state index contributed by atoms with van der Waals surface area (Å²) in [5.41, 5.74) is -0.999. The van der Waals surface area contributed by atoms with Crippen LogP contribution < -0.4 is 0 Å². The van der Waals surface area contributed by atoms with Crippen molar-refractivity contribution in [2.45, 2.75) is 49.5 Å². The van der Waals surface area contributed by atoms with E-state index in [1.165, 1.54) is 18.2 Å². The van der Waals surface area contributed by atoms with Crippen molar-refractivity contribution in [3.05, 3.63) is 33.8 Å². The third-order valence-electron chi connectivity index (χ3n) is 4.74. The number of benzene rings is 1. The molecule has 0 amide bonds. The Kier molecular flexibility index (Phi) is 5.25. The fourth-order valence-electron chi connectivity index (χ4n) is 3.46. The molecule has 142 valence electrons. The smallest absolute Gasteiger partial charge is 0.411 e. The summed E-state index contributed by atoms with van der Waals surface area (Å²) in [6, 6.07) is 4.47. The molecule has 4 nitrogen and oxygen atoms in total. The lowest BCUT2D eigenvalue weighted by atomic mass is 9.77. The highest BCUT2D eigenvalue weighted by atomic mass is 35.5. The van der Waals surface area contributed by atoms with Crippen LogP contribution in [0.1, 0.15) is 37.2 Å². The van der Waals surface area contributed by atoms with E-state index in [-0.39, 0.29) is 30.7 Å². The number of halogens is 5. The largest absolute Gasteiger partial charge is 0.450 e. The van der Waals surface area contributed by atoms with Crippen molar-refractivity contribution in [1.29, 1.82) is 0 Å². The maximum absolute atomic E-state index is 12.9. The van der Waals surface area contributed by atoms with Crippen molar-refractivity contribution >= 4 is 35.0 Å². The normalized spacial score (nSPS) is 29.3. The molecule has 0 aromatic heterocycles. The zero-order chi connectivity index (χ0) is 19.1. The van der Waals surface area contributed by atoms with E-state index in [0.717, 1.165) is 0 Å². The average molecular weight is 411 g/mol. The van der Waals surface area contributed by atoms with Crippen molar-refractivity contribution in [3.63, 3.8) is 0 Å². The highest BCUT2D eigenvalue weighted by Gasteiger charge is 2.57. The monoisotopic (exact) mass is 410 g/mol. The lowest BCUT2D eigenvalue weighted by Gasteiger charge is -2.34. The molecule has 1 atom stereocenters. The van der Waals surface area contributed by atoms with Gasteiger partial charge in [-0.1, -0.05) is 29.3 Å². The van der Waals surface area contributed by atoms with Gasteiger partial charge in [0.05, 0.1) is 6.10 Å². The highest BCUT2D eigenvalue weighted by Crippen LogP contribution is 2.45. The summed E-state index contributed by atoms with van der Waals surface area (Å²) >= 11 is 11.9. The fourth-order valence-corrected chi connectivity index (χ4v) is 3.98. The van der Waals surface area contributed by atoms with Crippen LogP contribution >= 0.6 is 23.2 Å². The Morgan fingerprint density at radius 3 is 2.42 bits per heavy atom. The lowest BCUT2D eigenvalue weighted by Crippen LogP contribution is -2.43. The number of esters is 1. The Hall–Kier alpha value is -1.31. The maximum atomic E-state index is 12.9. The Morgan fingerprint density at radius 2 is 1.85 bits per heavy atom. The molecule has 2 fully saturated rings. The number of alkyl halides is 3. The number of hydrogen-bond donors (Lipinski definition) is 0. The van der Waals surface area contributed by atoms with Gasteiger partial charge in [-0.15, -0.1) is 0 Å². The van der Waals surface area contributed by atoms with Gasteiger partial charge < -0.3 is 9.47 Å². The van der Waals surface area contributed by atoms with Gasteiger partial charge in [-0.25, -0.2) is 0 Å². The minimum absolute atomic E-state index is 0.127. The number of rotatable bonds is 3. The molecule has 0 bridgehead atoms. The standard InChI is InChI=1S/C17H15Cl2F3O4/c18-9-1-2-11(12(19)7-9)13-14(23)16(26-15(13)24)5-3-10(4-6-16)25-8-17(20,21)22/h1-2,7,10,13H,3-6,8H2. The Balaban J connectivity index is 1.71. The van der Waals surface area contributed by atoms with Crippen LogP contribution in [0.25, 0.3) is 0 Å². The zero-order valence-electron chi connectivity index (χ0n) is 13.4. The number of hydrogen-bond acceptors (Lipinski definition) is 4. The number of ketones is 1. The SMILES string of the molecule is O=C1OC2(CCC(OCC(F)(F)F)CC2)C(=O)C1c1ccc(Cl)cc1Cl. The molecule has 0 N–H and O–H groups in total. The predicted molar refractivity (Wildman–Crippen MR) is 87.3 cm³/mol. The fraction of sp³-hybridized carbons (Fsp3) is 0.529. The molecule has 3 rings (SSSR count). The van der Waals surface area contributed by atoms with Crippen LogP contribution in [0, 0.1) is 0 Å². The van der Waals surface area contributed by atoms with Crippen LogP contribution in [0.3, 0.4) is 0 Å². The summed E-state index contributed by atoms with van der Waals surface area (Å²) in [4.78, 5) is 25.2. The zero-order valence-corrected chi connectivity index (χ0v) is 15.0. The molecule has 9 heteroatoms. The second-order valence-electron chi connectivity index (χ2n) is 6.50. The van der Waals surface area contributed by atoms with Gasteiger partial charge in [0.15, 0.2) is 11.4 Å². The molecule has 1 aliphatic carbocycles. The lowest BCUT2D eigenvalue weighted by molar-refractivity contribution is -0.193. The first-order chi connectivity index (χ1) is 12.1. The van der Waals surface area contributed by atoms with E-state index in [0.29, 0.717) is 10.6 Å². The first-order valence-electron chi connectivity index (χ1n) is 8.02. The van der Waals surface area contributed by atoms with Crippen LogP contribution in [0.5, 0.6) is 0 Å². The minimum Gasteiger partial charge on any atom is -0.450 e. The molecule has 0 radical (unpaired) electrons. The first-order valence-corrected chi connectivity index (χ1v) is 8.77. The number of carbonyl (C=O) groups excluding carboxylic acids is 2. The van der Waals surface area contributed by atoms with Crippen molar-refractivity contribution in [2.75, 3.05) is 6.61 Å². The van der Waals surface area contributed by atoms with Gasteiger partial charge >= 0.3 is 12.1 Å².